The molecule has 0 bridgehead atoms. The Labute approximate surface area is 103 Å². The summed E-state index contributed by atoms with van der Waals surface area (Å²) in [4.78, 5) is 0. The third kappa shape index (κ3) is 3.11. The molecule has 0 saturated carbocycles. The number of methoxy groups -OCH3 is 2. The Morgan fingerprint density at radius 2 is 2.00 bits per heavy atom. The van der Waals surface area contributed by atoms with Crippen molar-refractivity contribution in [3.8, 4) is 11.5 Å². The summed E-state index contributed by atoms with van der Waals surface area (Å²) in [6.45, 7) is 2.68. The van der Waals surface area contributed by atoms with E-state index in [1.807, 2.05) is 26.1 Å². The number of benzene rings is 1. The molecule has 0 fully saturated rings. The van der Waals surface area contributed by atoms with Gasteiger partial charge in [0.15, 0.2) is 0 Å². The first kappa shape index (κ1) is 13.8. The summed E-state index contributed by atoms with van der Waals surface area (Å²) in [5, 5.41) is 13.1. The highest BCUT2D eigenvalue weighted by Crippen LogP contribution is 2.35. The second kappa shape index (κ2) is 6.47. The van der Waals surface area contributed by atoms with E-state index in [1.165, 1.54) is 0 Å². The predicted molar refractivity (Wildman–Crippen MR) is 67.8 cm³/mol. The third-order valence-corrected chi connectivity index (χ3v) is 2.84. The molecule has 0 radical (unpaired) electrons. The van der Waals surface area contributed by atoms with Gasteiger partial charge in [0, 0.05) is 11.1 Å². The molecule has 0 aromatic heterocycles. The summed E-state index contributed by atoms with van der Waals surface area (Å²) in [5.41, 5.74) is 1.72. The van der Waals surface area contributed by atoms with Gasteiger partial charge >= 0.3 is 0 Å². The lowest BCUT2D eigenvalue weighted by Crippen LogP contribution is -2.13. The summed E-state index contributed by atoms with van der Waals surface area (Å²) >= 11 is 0. The van der Waals surface area contributed by atoms with Crippen molar-refractivity contribution < 1.29 is 14.6 Å². The van der Waals surface area contributed by atoms with Gasteiger partial charge in [-0.05, 0) is 39.1 Å². The van der Waals surface area contributed by atoms with Gasteiger partial charge in [0.2, 0.25) is 0 Å². The van der Waals surface area contributed by atoms with E-state index in [1.54, 1.807) is 14.2 Å². The van der Waals surface area contributed by atoms with Crippen LogP contribution in [0.25, 0.3) is 0 Å². The smallest absolute Gasteiger partial charge is 0.131 e. The number of aliphatic hydroxyl groups is 1. The predicted octanol–water partition coefficient (Wildman–Crippen LogP) is 1.66. The van der Waals surface area contributed by atoms with Crippen LogP contribution < -0.4 is 14.8 Å². The van der Waals surface area contributed by atoms with Crippen LogP contribution in [0, 0.1) is 6.92 Å². The topological polar surface area (TPSA) is 50.7 Å². The van der Waals surface area contributed by atoms with Gasteiger partial charge in [0.1, 0.15) is 11.5 Å². The summed E-state index contributed by atoms with van der Waals surface area (Å²) in [6, 6.07) is 3.71. The van der Waals surface area contributed by atoms with Gasteiger partial charge in [-0.2, -0.15) is 0 Å². The standard InChI is InChI=1S/C13H21NO3/c1-9-12(16-3)6-5-10(13(9)17-4)11(15)7-8-14-2/h5-6,11,14-15H,7-8H2,1-4H3. The molecular formula is C13H21NO3. The SMILES string of the molecule is CNCCC(O)c1ccc(OC)c(C)c1OC. The molecule has 0 aliphatic carbocycles. The molecule has 2 N–H and O–H groups in total. The Morgan fingerprint density at radius 3 is 2.53 bits per heavy atom. The van der Waals surface area contributed by atoms with Crippen LogP contribution in [0.15, 0.2) is 12.1 Å². The lowest BCUT2D eigenvalue weighted by molar-refractivity contribution is 0.163. The lowest BCUT2D eigenvalue weighted by Gasteiger charge is -2.18. The van der Waals surface area contributed by atoms with Gasteiger partial charge in [0.05, 0.1) is 20.3 Å². The molecular weight excluding hydrogens is 218 g/mol. The average molecular weight is 239 g/mol. The number of hydrogen-bond acceptors (Lipinski definition) is 4. The fraction of sp³-hybridized carbons (Fsp3) is 0.538. The molecule has 0 amide bonds. The van der Waals surface area contributed by atoms with Crippen molar-refractivity contribution in [2.75, 3.05) is 27.8 Å². The molecule has 1 rings (SSSR count). The van der Waals surface area contributed by atoms with Crippen molar-refractivity contribution in [3.63, 3.8) is 0 Å². The van der Waals surface area contributed by atoms with Crippen LogP contribution in [0.5, 0.6) is 11.5 Å². The van der Waals surface area contributed by atoms with Gasteiger partial charge in [-0.3, -0.25) is 0 Å². The molecule has 0 aliphatic rings. The molecule has 4 heteroatoms. The molecule has 96 valence electrons. The largest absolute Gasteiger partial charge is 0.496 e. The lowest BCUT2D eigenvalue weighted by atomic mass is 10.0. The first-order valence-electron chi connectivity index (χ1n) is 5.69. The van der Waals surface area contributed by atoms with Crippen LogP contribution in [0.4, 0.5) is 0 Å². The quantitative estimate of drug-likeness (QED) is 0.792. The highest BCUT2D eigenvalue weighted by molar-refractivity contribution is 5.50. The minimum Gasteiger partial charge on any atom is -0.496 e. The van der Waals surface area contributed by atoms with Crippen molar-refractivity contribution >= 4 is 0 Å². The normalized spacial score (nSPS) is 12.3. The number of hydrogen-bond donors (Lipinski definition) is 2. The highest BCUT2D eigenvalue weighted by atomic mass is 16.5. The zero-order chi connectivity index (χ0) is 12.8. The molecule has 4 nitrogen and oxygen atoms in total. The maximum atomic E-state index is 10.1. The monoisotopic (exact) mass is 239 g/mol. The van der Waals surface area contributed by atoms with E-state index >= 15 is 0 Å². The van der Waals surface area contributed by atoms with Crippen molar-refractivity contribution in [1.82, 2.24) is 5.32 Å². The summed E-state index contributed by atoms with van der Waals surface area (Å²) in [5.74, 6) is 1.47. The minimum absolute atomic E-state index is 0.526. The Morgan fingerprint density at radius 1 is 1.29 bits per heavy atom. The molecule has 0 heterocycles. The number of rotatable bonds is 6. The maximum Gasteiger partial charge on any atom is 0.131 e. The molecule has 0 saturated heterocycles. The summed E-state index contributed by atoms with van der Waals surface area (Å²) in [7, 11) is 5.10. The van der Waals surface area contributed by atoms with Crippen molar-refractivity contribution in [3.05, 3.63) is 23.3 Å². The van der Waals surface area contributed by atoms with E-state index in [2.05, 4.69) is 5.32 Å². The van der Waals surface area contributed by atoms with E-state index in [9.17, 15) is 5.11 Å². The van der Waals surface area contributed by atoms with Crippen LogP contribution in [0.2, 0.25) is 0 Å². The Hall–Kier alpha value is -1.26. The number of ether oxygens (including phenoxy) is 2. The van der Waals surface area contributed by atoms with E-state index < -0.39 is 6.10 Å². The van der Waals surface area contributed by atoms with Crippen molar-refractivity contribution in [2.45, 2.75) is 19.4 Å². The fourth-order valence-corrected chi connectivity index (χ4v) is 1.89. The number of aliphatic hydroxyl groups excluding tert-OH is 1. The molecule has 1 aromatic rings. The Kier molecular flexibility index (Phi) is 5.25. The zero-order valence-electron chi connectivity index (χ0n) is 10.9. The average Bonchev–Trinajstić information content (AvgIpc) is 2.35. The van der Waals surface area contributed by atoms with Crippen LogP contribution in [-0.4, -0.2) is 32.9 Å². The second-order valence-electron chi connectivity index (χ2n) is 3.92. The van der Waals surface area contributed by atoms with Gasteiger partial charge in [-0.1, -0.05) is 0 Å². The first-order valence-corrected chi connectivity index (χ1v) is 5.69. The molecule has 1 atom stereocenters. The third-order valence-electron chi connectivity index (χ3n) is 2.84. The van der Waals surface area contributed by atoms with Crippen LogP contribution >= 0.6 is 0 Å². The van der Waals surface area contributed by atoms with Crippen LogP contribution in [0.3, 0.4) is 0 Å². The maximum absolute atomic E-state index is 10.1. The number of nitrogens with one attached hydrogen (secondary N) is 1. The van der Waals surface area contributed by atoms with Gasteiger partial charge in [-0.25, -0.2) is 0 Å². The van der Waals surface area contributed by atoms with Gasteiger partial charge in [-0.15, -0.1) is 0 Å². The van der Waals surface area contributed by atoms with Crippen LogP contribution in [0.1, 0.15) is 23.7 Å². The highest BCUT2D eigenvalue weighted by Gasteiger charge is 2.17. The molecule has 0 spiro atoms. The molecule has 0 aliphatic heterocycles. The van der Waals surface area contributed by atoms with E-state index in [0.29, 0.717) is 12.2 Å². The van der Waals surface area contributed by atoms with E-state index in [4.69, 9.17) is 9.47 Å². The van der Waals surface area contributed by atoms with E-state index in [0.717, 1.165) is 23.4 Å². The Bertz CT molecular complexity index is 366. The van der Waals surface area contributed by atoms with Crippen molar-refractivity contribution in [1.29, 1.82) is 0 Å². The molecule has 1 unspecified atom stereocenters. The zero-order valence-corrected chi connectivity index (χ0v) is 10.9. The summed E-state index contributed by atoms with van der Waals surface area (Å²) in [6.07, 6.45) is 0.125. The van der Waals surface area contributed by atoms with Crippen molar-refractivity contribution in [2.24, 2.45) is 0 Å². The summed E-state index contributed by atoms with van der Waals surface area (Å²) < 4.78 is 10.6. The molecule has 1 aromatic carbocycles. The molecule has 17 heavy (non-hydrogen) atoms. The fourth-order valence-electron chi connectivity index (χ4n) is 1.89. The Balaban J connectivity index is 3.03. The van der Waals surface area contributed by atoms with Gasteiger partial charge in [0.25, 0.3) is 0 Å². The van der Waals surface area contributed by atoms with E-state index in [-0.39, 0.29) is 0 Å². The second-order valence-corrected chi connectivity index (χ2v) is 3.92. The minimum atomic E-state index is -0.526. The first-order chi connectivity index (χ1) is 8.15. The van der Waals surface area contributed by atoms with Crippen LogP contribution in [-0.2, 0) is 0 Å². The van der Waals surface area contributed by atoms with Gasteiger partial charge < -0.3 is 19.9 Å².